The van der Waals surface area contributed by atoms with Gasteiger partial charge in [-0.2, -0.15) is 0 Å². The number of hydrogen-bond acceptors (Lipinski definition) is 6. The Balaban J connectivity index is 4.15. The first-order valence-electron chi connectivity index (χ1n) is 24.1. The summed E-state index contributed by atoms with van der Waals surface area (Å²) >= 11 is 0. The number of carbonyl (C=O) groups is 1. The van der Waals surface area contributed by atoms with Crippen LogP contribution in [0.5, 0.6) is 0 Å². The van der Waals surface area contributed by atoms with Crippen LogP contribution in [0.2, 0.25) is 0 Å². The largest absolute Gasteiger partial charge is 0.472 e. The number of likely N-dealkylation sites (N-methyl/N-ethyl adjacent to an activating group) is 1. The number of rotatable bonds is 45. The molecule has 0 amide bonds. The lowest BCUT2D eigenvalue weighted by Gasteiger charge is -2.24. The minimum atomic E-state index is -4.27. The number of ether oxygens (including phenoxy) is 2. The number of unbranched alkanes of at least 4 members (excludes halogenated alkanes) is 27. The number of phosphoric acid groups is 1. The van der Waals surface area contributed by atoms with Crippen molar-refractivity contribution in [3.05, 3.63) is 24.3 Å². The molecule has 0 spiro atoms. The van der Waals surface area contributed by atoms with Crippen LogP contribution in [-0.2, 0) is 27.9 Å². The average molecular weight is 829 g/mol. The Hall–Kier alpha value is -1.02. The van der Waals surface area contributed by atoms with Crippen LogP contribution in [-0.4, -0.2) is 75.6 Å². The molecule has 0 radical (unpaired) electrons. The molecule has 1 N–H and O–H groups in total. The molecule has 0 rings (SSSR count). The monoisotopic (exact) mass is 829 g/mol. The standard InChI is InChI=1S/C48H94NO7P/c1-6-8-10-12-14-16-18-20-22-23-24-25-26-27-28-29-31-33-35-37-39-41-48(50)56-47(46-55-57(51,52)54-44-42-49(3,4)5)45-53-43-40-38-36-34-32-30-21-19-17-15-13-11-9-7-2/h18,20,23-24,47H,6-17,19,21-22,25-46H2,1-5H3/p+1/b20-18-,24-23-. The molecule has 0 aliphatic heterocycles. The van der Waals surface area contributed by atoms with Gasteiger partial charge in [-0.1, -0.05) is 192 Å². The Labute approximate surface area is 353 Å². The van der Waals surface area contributed by atoms with E-state index >= 15 is 0 Å². The maximum Gasteiger partial charge on any atom is 0.472 e. The first kappa shape index (κ1) is 56.0. The van der Waals surface area contributed by atoms with Gasteiger partial charge in [0, 0.05) is 13.0 Å². The number of esters is 1. The third-order valence-electron chi connectivity index (χ3n) is 10.5. The van der Waals surface area contributed by atoms with E-state index in [-0.39, 0.29) is 25.8 Å². The van der Waals surface area contributed by atoms with Gasteiger partial charge in [-0.15, -0.1) is 0 Å². The number of quaternary nitrogens is 1. The van der Waals surface area contributed by atoms with Crippen LogP contribution in [0.3, 0.4) is 0 Å². The first-order valence-corrected chi connectivity index (χ1v) is 25.6. The average Bonchev–Trinajstić information content (AvgIpc) is 3.16. The van der Waals surface area contributed by atoms with E-state index in [1.807, 2.05) is 21.1 Å². The van der Waals surface area contributed by atoms with Gasteiger partial charge in [-0.25, -0.2) is 4.57 Å². The van der Waals surface area contributed by atoms with Crippen molar-refractivity contribution < 1.29 is 37.3 Å². The van der Waals surface area contributed by atoms with Crippen LogP contribution in [0, 0.1) is 0 Å². The van der Waals surface area contributed by atoms with E-state index < -0.39 is 13.9 Å². The van der Waals surface area contributed by atoms with Crippen molar-refractivity contribution >= 4 is 13.8 Å². The van der Waals surface area contributed by atoms with Gasteiger partial charge >= 0.3 is 13.8 Å². The molecule has 0 saturated heterocycles. The second kappa shape index (κ2) is 41.7. The molecule has 8 nitrogen and oxygen atoms in total. The molecule has 0 aromatic rings. The predicted octanol–water partition coefficient (Wildman–Crippen LogP) is 14.4. The number of hydrogen-bond donors (Lipinski definition) is 1. The second-order valence-corrected chi connectivity index (χ2v) is 19.0. The topological polar surface area (TPSA) is 91.3 Å². The van der Waals surface area contributed by atoms with Gasteiger partial charge in [-0.3, -0.25) is 13.8 Å². The van der Waals surface area contributed by atoms with Crippen molar-refractivity contribution in [3.8, 4) is 0 Å². The molecule has 0 saturated carbocycles. The van der Waals surface area contributed by atoms with E-state index in [0.717, 1.165) is 38.5 Å². The van der Waals surface area contributed by atoms with Crippen LogP contribution in [0.4, 0.5) is 0 Å². The number of allylic oxidation sites excluding steroid dienone is 4. The van der Waals surface area contributed by atoms with Gasteiger partial charge in [0.15, 0.2) is 0 Å². The Morgan fingerprint density at radius 3 is 1.42 bits per heavy atom. The zero-order chi connectivity index (χ0) is 42.0. The Bertz CT molecular complexity index is 967. The number of phosphoric ester groups is 1. The highest BCUT2D eigenvalue weighted by Gasteiger charge is 2.26. The van der Waals surface area contributed by atoms with Crippen LogP contribution in [0.15, 0.2) is 24.3 Å². The summed E-state index contributed by atoms with van der Waals surface area (Å²) in [7, 11) is 1.67. The lowest BCUT2D eigenvalue weighted by molar-refractivity contribution is -0.870. The fourth-order valence-electron chi connectivity index (χ4n) is 6.76. The minimum absolute atomic E-state index is 0.0899. The molecule has 2 atom stereocenters. The summed E-state index contributed by atoms with van der Waals surface area (Å²) in [6.07, 6.45) is 47.8. The van der Waals surface area contributed by atoms with Crippen molar-refractivity contribution in [2.75, 3.05) is 54.1 Å². The van der Waals surface area contributed by atoms with Crippen molar-refractivity contribution in [3.63, 3.8) is 0 Å². The van der Waals surface area contributed by atoms with Crippen LogP contribution < -0.4 is 0 Å². The molecule has 0 aromatic carbocycles. The van der Waals surface area contributed by atoms with Gasteiger partial charge in [0.05, 0.1) is 34.4 Å². The first-order chi connectivity index (χ1) is 27.6. The fourth-order valence-corrected chi connectivity index (χ4v) is 7.50. The van der Waals surface area contributed by atoms with Gasteiger partial charge in [0.2, 0.25) is 0 Å². The van der Waals surface area contributed by atoms with E-state index in [9.17, 15) is 14.3 Å². The summed E-state index contributed by atoms with van der Waals surface area (Å²) < 4.78 is 35.1. The molecule has 0 fully saturated rings. The van der Waals surface area contributed by atoms with E-state index in [0.29, 0.717) is 24.1 Å². The predicted molar refractivity (Wildman–Crippen MR) is 243 cm³/mol. The SMILES string of the molecule is CCCCCCC/C=C\C/C=C\CCCCCCCCCCCC(=O)OC(COCCCCCCCCCCCCCCCC)COP(=O)(O)OCC[N+](C)(C)C. The molecular weight excluding hydrogens is 734 g/mol. The zero-order valence-corrected chi connectivity index (χ0v) is 39.2. The van der Waals surface area contributed by atoms with Crippen molar-refractivity contribution in [1.29, 1.82) is 0 Å². The number of nitrogens with zero attached hydrogens (tertiary/aromatic N) is 1. The molecule has 9 heteroatoms. The third-order valence-corrected chi connectivity index (χ3v) is 11.5. The highest BCUT2D eigenvalue weighted by molar-refractivity contribution is 7.47. The van der Waals surface area contributed by atoms with E-state index in [2.05, 4.69) is 38.2 Å². The van der Waals surface area contributed by atoms with Gasteiger partial charge < -0.3 is 18.9 Å². The fraction of sp³-hybridized carbons (Fsp3) is 0.896. The summed E-state index contributed by atoms with van der Waals surface area (Å²) in [5, 5.41) is 0. The lowest BCUT2D eigenvalue weighted by Crippen LogP contribution is -2.37. The van der Waals surface area contributed by atoms with Crippen molar-refractivity contribution in [2.45, 2.75) is 225 Å². The molecule has 0 aromatic heterocycles. The molecule has 0 bridgehead atoms. The molecule has 338 valence electrons. The zero-order valence-electron chi connectivity index (χ0n) is 38.3. The van der Waals surface area contributed by atoms with Crippen molar-refractivity contribution in [1.82, 2.24) is 0 Å². The van der Waals surface area contributed by atoms with Gasteiger partial charge in [0.1, 0.15) is 19.3 Å². The lowest BCUT2D eigenvalue weighted by atomic mass is 10.0. The molecule has 57 heavy (non-hydrogen) atoms. The Morgan fingerprint density at radius 2 is 0.965 bits per heavy atom. The normalized spacial score (nSPS) is 13.9. The summed E-state index contributed by atoms with van der Waals surface area (Å²) in [6, 6.07) is 0. The smallest absolute Gasteiger partial charge is 0.457 e. The summed E-state index contributed by atoms with van der Waals surface area (Å²) in [5.74, 6) is -0.315. The maximum absolute atomic E-state index is 12.7. The third kappa shape index (κ3) is 45.9. The maximum atomic E-state index is 12.7. The summed E-state index contributed by atoms with van der Waals surface area (Å²) in [6.45, 7) is 5.65. The second-order valence-electron chi connectivity index (χ2n) is 17.5. The van der Waals surface area contributed by atoms with Crippen LogP contribution in [0.1, 0.15) is 219 Å². The van der Waals surface area contributed by atoms with E-state index in [1.54, 1.807) is 0 Å². The Morgan fingerprint density at radius 1 is 0.544 bits per heavy atom. The van der Waals surface area contributed by atoms with E-state index in [1.165, 1.54) is 161 Å². The van der Waals surface area contributed by atoms with Crippen LogP contribution in [0.25, 0.3) is 0 Å². The molecular formula is C48H95NO7P+. The Kier molecular flexibility index (Phi) is 41.0. The summed E-state index contributed by atoms with van der Waals surface area (Å²) in [4.78, 5) is 22.9. The molecule has 2 unspecified atom stereocenters. The highest BCUT2D eigenvalue weighted by Crippen LogP contribution is 2.43. The van der Waals surface area contributed by atoms with Crippen molar-refractivity contribution in [2.24, 2.45) is 0 Å². The number of carbonyl (C=O) groups excluding carboxylic acids is 1. The highest BCUT2D eigenvalue weighted by atomic mass is 31.2. The molecule has 0 aliphatic carbocycles. The minimum Gasteiger partial charge on any atom is -0.457 e. The summed E-state index contributed by atoms with van der Waals surface area (Å²) in [5.41, 5.74) is 0. The van der Waals surface area contributed by atoms with E-state index in [4.69, 9.17) is 18.5 Å². The van der Waals surface area contributed by atoms with Gasteiger partial charge in [-0.05, 0) is 44.9 Å². The molecule has 0 heterocycles. The molecule has 0 aliphatic rings. The quantitative estimate of drug-likeness (QED) is 0.0215. The van der Waals surface area contributed by atoms with Crippen LogP contribution >= 0.6 is 7.82 Å². The van der Waals surface area contributed by atoms with Gasteiger partial charge in [0.25, 0.3) is 0 Å².